The first-order valence-electron chi connectivity index (χ1n) is 5.08. The molecular formula is C12H12N2S3. The number of nitrogens with one attached hydrogen (secondary N) is 1. The van der Waals surface area contributed by atoms with Crippen molar-refractivity contribution in [3.8, 4) is 0 Å². The molecule has 0 amide bonds. The molecule has 2 aromatic rings. The Labute approximate surface area is 114 Å². The number of H-pyrrole nitrogens is 1. The van der Waals surface area contributed by atoms with Gasteiger partial charge in [0.25, 0.3) is 0 Å². The summed E-state index contributed by atoms with van der Waals surface area (Å²) >= 11 is 8.19. The van der Waals surface area contributed by atoms with Crippen molar-refractivity contribution in [3.05, 3.63) is 45.9 Å². The number of aromatic nitrogens is 2. The lowest BCUT2D eigenvalue weighted by Crippen LogP contribution is -1.83. The number of thioether (sulfide) groups is 1. The quantitative estimate of drug-likeness (QED) is 0.659. The molecule has 1 N–H and O–H groups in total. The van der Waals surface area contributed by atoms with Gasteiger partial charge in [0.2, 0.25) is 0 Å². The fourth-order valence-electron chi connectivity index (χ4n) is 1.31. The van der Waals surface area contributed by atoms with Gasteiger partial charge in [-0.15, -0.1) is 0 Å². The van der Waals surface area contributed by atoms with Crippen molar-refractivity contribution in [1.82, 2.24) is 10.2 Å². The molecule has 1 aromatic carbocycles. The van der Waals surface area contributed by atoms with E-state index in [4.69, 9.17) is 12.2 Å². The Morgan fingerprint density at radius 1 is 1.47 bits per heavy atom. The first-order valence-corrected chi connectivity index (χ1v) is 7.29. The molecule has 0 radical (unpaired) electrons. The van der Waals surface area contributed by atoms with Crippen LogP contribution >= 0.6 is 35.3 Å². The molecule has 1 heterocycles. The summed E-state index contributed by atoms with van der Waals surface area (Å²) in [6.07, 6.45) is 0. The van der Waals surface area contributed by atoms with E-state index in [1.807, 2.05) is 6.92 Å². The third-order valence-corrected chi connectivity index (χ3v) is 4.53. The molecule has 88 valence electrons. The summed E-state index contributed by atoms with van der Waals surface area (Å²) in [5.41, 5.74) is 3.56. The molecule has 0 aliphatic heterocycles. The lowest BCUT2D eigenvalue weighted by atomic mass is 10.1. The monoisotopic (exact) mass is 280 g/mol. The van der Waals surface area contributed by atoms with E-state index in [9.17, 15) is 0 Å². The molecule has 0 aliphatic carbocycles. The third kappa shape index (κ3) is 3.52. The van der Waals surface area contributed by atoms with Gasteiger partial charge in [0, 0.05) is 5.75 Å². The molecule has 17 heavy (non-hydrogen) atoms. The normalized spacial score (nSPS) is 10.4. The number of hydrogen-bond donors (Lipinski definition) is 1. The van der Waals surface area contributed by atoms with E-state index in [-0.39, 0.29) is 0 Å². The second-order valence-electron chi connectivity index (χ2n) is 3.64. The number of benzene rings is 1. The smallest absolute Gasteiger partial charge is 0.177 e. The predicted octanol–water partition coefficient (Wildman–Crippen LogP) is 4.53. The second-order valence-corrected chi connectivity index (χ2v) is 6.53. The van der Waals surface area contributed by atoms with Gasteiger partial charge in [0.05, 0.1) is 0 Å². The van der Waals surface area contributed by atoms with Crippen molar-refractivity contribution in [1.29, 1.82) is 0 Å². The summed E-state index contributed by atoms with van der Waals surface area (Å²) < 4.78 is 1.71. The molecule has 0 spiro atoms. The van der Waals surface area contributed by atoms with Crippen molar-refractivity contribution in [2.45, 2.75) is 17.0 Å². The molecule has 0 atom stereocenters. The van der Waals surface area contributed by atoms with E-state index in [1.54, 1.807) is 11.8 Å². The minimum Gasteiger partial charge on any atom is -0.257 e. The third-order valence-electron chi connectivity index (χ3n) is 2.23. The second kappa shape index (κ2) is 5.62. The maximum absolute atomic E-state index is 4.99. The van der Waals surface area contributed by atoms with Crippen molar-refractivity contribution in [2.75, 3.05) is 0 Å². The minimum atomic E-state index is 0.727. The Kier molecular flexibility index (Phi) is 4.15. The van der Waals surface area contributed by atoms with E-state index in [1.165, 1.54) is 22.5 Å². The number of allylic oxidation sites excluding steroid dienone is 1. The first-order chi connectivity index (χ1) is 8.15. The molecule has 1 aromatic heterocycles. The van der Waals surface area contributed by atoms with Crippen molar-refractivity contribution in [3.63, 3.8) is 0 Å². The summed E-state index contributed by atoms with van der Waals surface area (Å²) in [7, 11) is 0. The van der Waals surface area contributed by atoms with Crippen LogP contribution in [0.1, 0.15) is 18.1 Å². The summed E-state index contributed by atoms with van der Waals surface area (Å²) in [6.45, 7) is 5.94. The van der Waals surface area contributed by atoms with Gasteiger partial charge in [0.15, 0.2) is 8.29 Å². The highest BCUT2D eigenvalue weighted by atomic mass is 32.2. The summed E-state index contributed by atoms with van der Waals surface area (Å²) in [6, 6.07) is 8.46. The van der Waals surface area contributed by atoms with Crippen molar-refractivity contribution >= 4 is 40.9 Å². The Morgan fingerprint density at radius 3 is 2.71 bits per heavy atom. The van der Waals surface area contributed by atoms with Gasteiger partial charge in [-0.2, -0.15) is 5.10 Å². The number of nitrogens with zero attached hydrogens (tertiary/aromatic N) is 1. The van der Waals surface area contributed by atoms with Gasteiger partial charge in [-0.05, 0) is 30.3 Å². The SMILES string of the molecule is C=C(C)c1ccc(CSc2n[nH]c(=S)s2)cc1. The summed E-state index contributed by atoms with van der Waals surface area (Å²) in [5.74, 6) is 0.909. The van der Waals surface area contributed by atoms with Gasteiger partial charge in [-0.1, -0.05) is 59.5 Å². The summed E-state index contributed by atoms with van der Waals surface area (Å²) in [4.78, 5) is 0. The van der Waals surface area contributed by atoms with E-state index >= 15 is 0 Å². The fourth-order valence-corrected chi connectivity index (χ4v) is 3.35. The molecule has 5 heteroatoms. The van der Waals surface area contributed by atoms with Crippen molar-refractivity contribution < 1.29 is 0 Å². The first kappa shape index (κ1) is 12.5. The Morgan fingerprint density at radius 2 is 2.18 bits per heavy atom. The minimum absolute atomic E-state index is 0.727. The molecule has 2 nitrogen and oxygen atoms in total. The van der Waals surface area contributed by atoms with Gasteiger partial charge >= 0.3 is 0 Å². The van der Waals surface area contributed by atoms with Gasteiger partial charge < -0.3 is 0 Å². The van der Waals surface area contributed by atoms with Crippen LogP contribution in [0.4, 0.5) is 0 Å². The molecule has 0 saturated heterocycles. The van der Waals surface area contributed by atoms with Crippen LogP contribution in [0.25, 0.3) is 5.57 Å². The molecule has 0 unspecified atom stereocenters. The van der Waals surface area contributed by atoms with Crippen LogP contribution in [0.5, 0.6) is 0 Å². The summed E-state index contributed by atoms with van der Waals surface area (Å²) in [5, 5.41) is 6.89. The van der Waals surface area contributed by atoms with Crippen LogP contribution in [0, 0.1) is 3.95 Å². The van der Waals surface area contributed by atoms with Crippen LogP contribution in [-0.4, -0.2) is 10.2 Å². The van der Waals surface area contributed by atoms with E-state index in [0.717, 1.165) is 19.6 Å². The molecule has 0 bridgehead atoms. The largest absolute Gasteiger partial charge is 0.257 e. The van der Waals surface area contributed by atoms with Crippen molar-refractivity contribution in [2.24, 2.45) is 0 Å². The van der Waals surface area contributed by atoms with Gasteiger partial charge in [-0.3, -0.25) is 5.10 Å². The van der Waals surface area contributed by atoms with E-state index in [0.29, 0.717) is 0 Å². The zero-order valence-electron chi connectivity index (χ0n) is 9.40. The highest BCUT2D eigenvalue weighted by molar-refractivity contribution is 8.00. The standard InChI is InChI=1S/C12H12N2S3/c1-8(2)10-5-3-9(4-6-10)7-16-12-14-13-11(15)17-12/h3-6H,1,7H2,2H3,(H,13,15). The average Bonchev–Trinajstić information content (AvgIpc) is 2.73. The maximum atomic E-state index is 4.99. The number of rotatable bonds is 4. The molecular weight excluding hydrogens is 268 g/mol. The zero-order valence-corrected chi connectivity index (χ0v) is 11.8. The number of aromatic amines is 1. The molecule has 2 rings (SSSR count). The van der Waals surface area contributed by atoms with Crippen LogP contribution in [0.15, 0.2) is 35.2 Å². The predicted molar refractivity (Wildman–Crippen MR) is 78.0 cm³/mol. The Balaban J connectivity index is 2.00. The highest BCUT2D eigenvalue weighted by Gasteiger charge is 2.00. The van der Waals surface area contributed by atoms with Crippen LogP contribution in [-0.2, 0) is 5.75 Å². The van der Waals surface area contributed by atoms with Gasteiger partial charge in [-0.25, -0.2) is 0 Å². The molecule has 0 fully saturated rings. The van der Waals surface area contributed by atoms with Crippen LogP contribution < -0.4 is 0 Å². The average molecular weight is 280 g/mol. The molecule has 0 saturated carbocycles. The highest BCUT2D eigenvalue weighted by Crippen LogP contribution is 2.25. The fraction of sp³-hybridized carbons (Fsp3) is 0.167. The Bertz CT molecular complexity index is 566. The molecule has 0 aliphatic rings. The van der Waals surface area contributed by atoms with Crippen LogP contribution in [0.3, 0.4) is 0 Å². The van der Waals surface area contributed by atoms with Crippen LogP contribution in [0.2, 0.25) is 0 Å². The zero-order chi connectivity index (χ0) is 12.3. The van der Waals surface area contributed by atoms with E-state index in [2.05, 4.69) is 41.0 Å². The van der Waals surface area contributed by atoms with Gasteiger partial charge in [0.1, 0.15) is 0 Å². The lowest BCUT2D eigenvalue weighted by Gasteiger charge is -2.02. The van der Waals surface area contributed by atoms with E-state index < -0.39 is 0 Å². The number of hydrogen-bond acceptors (Lipinski definition) is 4. The Hall–Kier alpha value is -0.910. The lowest BCUT2D eigenvalue weighted by molar-refractivity contribution is 1.00. The topological polar surface area (TPSA) is 28.7 Å². The maximum Gasteiger partial charge on any atom is 0.177 e.